The van der Waals surface area contributed by atoms with Gasteiger partial charge >= 0.3 is 0 Å². The molecule has 0 aliphatic carbocycles. The number of nitrogens with one attached hydrogen (secondary N) is 2. The summed E-state index contributed by atoms with van der Waals surface area (Å²) in [7, 11) is 1.72. The van der Waals surface area contributed by atoms with E-state index < -0.39 is 0 Å². The second kappa shape index (κ2) is 12.6. The van der Waals surface area contributed by atoms with E-state index in [0.717, 1.165) is 25.2 Å². The number of aryl methyl sites for hydroxylation is 1. The van der Waals surface area contributed by atoms with Crippen LogP contribution in [0.5, 0.6) is 0 Å². The Kier molecular flexibility index (Phi) is 10.8. The van der Waals surface area contributed by atoms with E-state index in [2.05, 4.69) is 58.6 Å². The molecule has 2 aromatic rings. The number of aliphatic hydroxyl groups excluding tert-OH is 1. The highest BCUT2D eigenvalue weighted by atomic mass is 127. The van der Waals surface area contributed by atoms with Crippen molar-refractivity contribution >= 4 is 35.6 Å². The Morgan fingerprint density at radius 1 is 1.18 bits per heavy atom. The lowest BCUT2D eigenvalue weighted by Gasteiger charge is -2.24. The first-order valence-electron chi connectivity index (χ1n) is 9.21. The molecule has 0 saturated carbocycles. The lowest BCUT2D eigenvalue weighted by molar-refractivity contribution is 0.275. The molecule has 0 saturated heterocycles. The highest BCUT2D eigenvalue weighted by Crippen LogP contribution is 2.15. The molecule has 0 bridgehead atoms. The molecule has 7 heteroatoms. The Morgan fingerprint density at radius 3 is 2.61 bits per heavy atom. The topological polar surface area (TPSA) is 59.9 Å². The van der Waals surface area contributed by atoms with Gasteiger partial charge in [0.05, 0.1) is 6.61 Å². The first-order valence-corrected chi connectivity index (χ1v) is 9.21. The highest BCUT2D eigenvalue weighted by Gasteiger charge is 2.06. The highest BCUT2D eigenvalue weighted by molar-refractivity contribution is 14.0. The van der Waals surface area contributed by atoms with Crippen LogP contribution in [0.15, 0.2) is 47.5 Å². The van der Waals surface area contributed by atoms with Gasteiger partial charge in [0, 0.05) is 44.5 Å². The Hall–Kier alpha value is -1.87. The Balaban J connectivity index is 0.00000392. The van der Waals surface area contributed by atoms with Gasteiger partial charge in [-0.15, -0.1) is 24.0 Å². The fourth-order valence-electron chi connectivity index (χ4n) is 2.87. The van der Waals surface area contributed by atoms with E-state index in [4.69, 9.17) is 5.11 Å². The van der Waals surface area contributed by atoms with Gasteiger partial charge in [-0.1, -0.05) is 18.2 Å². The molecule has 0 heterocycles. The van der Waals surface area contributed by atoms with E-state index in [9.17, 15) is 4.39 Å². The van der Waals surface area contributed by atoms with Crippen LogP contribution in [0, 0.1) is 12.7 Å². The van der Waals surface area contributed by atoms with E-state index in [0.29, 0.717) is 18.1 Å². The molecule has 0 aromatic heterocycles. The van der Waals surface area contributed by atoms with Gasteiger partial charge in [-0.2, -0.15) is 0 Å². The van der Waals surface area contributed by atoms with Crippen LogP contribution in [-0.2, 0) is 13.2 Å². The largest absolute Gasteiger partial charge is 0.392 e. The molecule has 0 aliphatic heterocycles. The number of halogens is 2. The van der Waals surface area contributed by atoms with E-state index in [1.54, 1.807) is 19.2 Å². The van der Waals surface area contributed by atoms with E-state index in [1.165, 1.54) is 17.3 Å². The molecule has 0 radical (unpaired) electrons. The minimum atomic E-state index is -0.389. The lowest BCUT2D eigenvalue weighted by Crippen LogP contribution is -2.41. The number of aliphatic imine (C=N–C) groups is 1. The standard InChI is InChI=1S/C21H29FN4O.HI/c1-4-26(19-7-5-6-16(2)12-19)11-10-24-21(23-3)25-14-17-8-9-20(22)18(13-17)15-27;/h5-9,12-13,27H,4,10-11,14-15H2,1-3H3,(H2,23,24,25);1H. The van der Waals surface area contributed by atoms with Crippen molar-refractivity contribution in [2.75, 3.05) is 31.6 Å². The van der Waals surface area contributed by atoms with Crippen molar-refractivity contribution in [2.45, 2.75) is 27.0 Å². The summed E-state index contributed by atoms with van der Waals surface area (Å²) in [5.74, 6) is 0.296. The Morgan fingerprint density at radius 2 is 1.96 bits per heavy atom. The summed E-state index contributed by atoms with van der Waals surface area (Å²) in [5.41, 5.74) is 3.65. The predicted octanol–water partition coefficient (Wildman–Crippen LogP) is 3.44. The van der Waals surface area contributed by atoms with Gasteiger partial charge in [0.1, 0.15) is 5.82 Å². The van der Waals surface area contributed by atoms with Crippen molar-refractivity contribution in [3.05, 3.63) is 65.0 Å². The number of rotatable bonds is 8. The molecule has 0 atom stereocenters. The third-order valence-corrected chi connectivity index (χ3v) is 4.39. The second-order valence-corrected chi connectivity index (χ2v) is 6.36. The fourth-order valence-corrected chi connectivity index (χ4v) is 2.87. The second-order valence-electron chi connectivity index (χ2n) is 6.36. The molecular formula is C21H30FIN4O. The van der Waals surface area contributed by atoms with Crippen molar-refractivity contribution in [3.8, 4) is 0 Å². The molecule has 5 nitrogen and oxygen atoms in total. The third-order valence-electron chi connectivity index (χ3n) is 4.39. The molecular weight excluding hydrogens is 470 g/mol. The van der Waals surface area contributed by atoms with Crippen molar-refractivity contribution in [2.24, 2.45) is 4.99 Å². The van der Waals surface area contributed by atoms with Crippen molar-refractivity contribution in [1.29, 1.82) is 0 Å². The maximum atomic E-state index is 13.5. The van der Waals surface area contributed by atoms with Crippen molar-refractivity contribution in [3.63, 3.8) is 0 Å². The summed E-state index contributed by atoms with van der Waals surface area (Å²) >= 11 is 0. The van der Waals surface area contributed by atoms with Crippen LogP contribution >= 0.6 is 24.0 Å². The monoisotopic (exact) mass is 500 g/mol. The zero-order valence-corrected chi connectivity index (χ0v) is 19.0. The Labute approximate surface area is 184 Å². The van der Waals surface area contributed by atoms with Gasteiger partial charge in [0.2, 0.25) is 0 Å². The van der Waals surface area contributed by atoms with Gasteiger partial charge in [0.25, 0.3) is 0 Å². The average Bonchev–Trinajstić information content (AvgIpc) is 2.68. The molecule has 2 aromatic carbocycles. The van der Waals surface area contributed by atoms with Crippen molar-refractivity contribution < 1.29 is 9.50 Å². The van der Waals surface area contributed by atoms with Gasteiger partial charge in [0.15, 0.2) is 5.96 Å². The van der Waals surface area contributed by atoms with Gasteiger partial charge in [-0.25, -0.2) is 4.39 Å². The number of nitrogens with zero attached hydrogens (tertiary/aromatic N) is 2. The molecule has 0 unspecified atom stereocenters. The smallest absolute Gasteiger partial charge is 0.191 e. The summed E-state index contributed by atoms with van der Waals surface area (Å²) in [5, 5.41) is 15.7. The van der Waals surface area contributed by atoms with Crippen LogP contribution in [0.1, 0.15) is 23.6 Å². The van der Waals surface area contributed by atoms with Crippen LogP contribution in [0.3, 0.4) is 0 Å². The van der Waals surface area contributed by atoms with Crippen LogP contribution in [-0.4, -0.2) is 37.7 Å². The zero-order valence-electron chi connectivity index (χ0n) is 16.7. The average molecular weight is 500 g/mol. The lowest BCUT2D eigenvalue weighted by atomic mass is 10.1. The summed E-state index contributed by atoms with van der Waals surface area (Å²) < 4.78 is 13.5. The number of hydrogen-bond acceptors (Lipinski definition) is 3. The van der Waals surface area contributed by atoms with Gasteiger partial charge in [-0.05, 0) is 49.2 Å². The van der Waals surface area contributed by atoms with Gasteiger partial charge < -0.3 is 20.6 Å². The quantitative estimate of drug-likeness (QED) is 0.296. The van der Waals surface area contributed by atoms with E-state index in [1.807, 2.05) is 0 Å². The summed E-state index contributed by atoms with van der Waals surface area (Å²) in [6.45, 7) is 6.96. The summed E-state index contributed by atoms with van der Waals surface area (Å²) in [6, 6.07) is 13.2. The molecule has 0 amide bonds. The number of anilines is 1. The molecule has 3 N–H and O–H groups in total. The van der Waals surface area contributed by atoms with Crippen molar-refractivity contribution in [1.82, 2.24) is 10.6 Å². The molecule has 0 fully saturated rings. The molecule has 154 valence electrons. The third kappa shape index (κ3) is 7.27. The van der Waals surface area contributed by atoms with E-state index >= 15 is 0 Å². The summed E-state index contributed by atoms with van der Waals surface area (Å²) in [6.07, 6.45) is 0. The summed E-state index contributed by atoms with van der Waals surface area (Å²) in [4.78, 5) is 6.53. The first-order chi connectivity index (χ1) is 13.1. The molecule has 0 aliphatic rings. The van der Waals surface area contributed by atoms with Crippen LogP contribution in [0.25, 0.3) is 0 Å². The zero-order chi connectivity index (χ0) is 19.6. The van der Waals surface area contributed by atoms with Gasteiger partial charge in [-0.3, -0.25) is 4.99 Å². The SMILES string of the molecule is CCN(CCNC(=NC)NCc1ccc(F)c(CO)c1)c1cccc(C)c1.I. The molecule has 2 rings (SSSR count). The Bertz CT molecular complexity index is 770. The van der Waals surface area contributed by atoms with E-state index in [-0.39, 0.29) is 36.4 Å². The number of aliphatic hydroxyl groups is 1. The minimum Gasteiger partial charge on any atom is -0.392 e. The van der Waals surface area contributed by atoms with Crippen LogP contribution in [0.2, 0.25) is 0 Å². The predicted molar refractivity (Wildman–Crippen MR) is 125 cm³/mol. The molecule has 28 heavy (non-hydrogen) atoms. The number of benzene rings is 2. The number of likely N-dealkylation sites (N-methyl/N-ethyl adjacent to an activating group) is 1. The maximum Gasteiger partial charge on any atom is 0.191 e. The number of hydrogen-bond donors (Lipinski definition) is 3. The molecule has 0 spiro atoms. The maximum absolute atomic E-state index is 13.5. The normalized spacial score (nSPS) is 11.0. The first kappa shape index (κ1) is 24.2. The fraction of sp³-hybridized carbons (Fsp3) is 0.381. The van der Waals surface area contributed by atoms with Crippen LogP contribution < -0.4 is 15.5 Å². The number of guanidine groups is 1. The van der Waals surface area contributed by atoms with Crippen LogP contribution in [0.4, 0.5) is 10.1 Å². The minimum absolute atomic E-state index is 0.